The summed E-state index contributed by atoms with van der Waals surface area (Å²) in [4.78, 5) is 0. The number of benzene rings is 4. The summed E-state index contributed by atoms with van der Waals surface area (Å²) in [7, 11) is 0.174. The van der Waals surface area contributed by atoms with Gasteiger partial charge in [0.25, 0.3) is 0 Å². The van der Waals surface area contributed by atoms with Gasteiger partial charge in [0.15, 0.2) is 0 Å². The molecule has 0 N–H and O–H groups in total. The monoisotopic (exact) mass is 598 g/mol. The van der Waals surface area contributed by atoms with Gasteiger partial charge in [0.1, 0.15) is 17.2 Å². The Morgan fingerprint density at radius 2 is 0.907 bits per heavy atom. The smallest absolute Gasteiger partial charge is 0.326 e. The fourth-order valence-corrected chi connectivity index (χ4v) is 6.44. The largest absolute Gasteiger partial charge is 0.497 e. The van der Waals surface area contributed by atoms with Crippen LogP contribution in [0.3, 0.4) is 0 Å². The molecule has 0 radical (unpaired) electrons. The molecule has 0 saturated heterocycles. The second-order valence-electron chi connectivity index (χ2n) is 15.8. The third-order valence-electron chi connectivity index (χ3n) is 7.91. The molecule has 43 heavy (non-hydrogen) atoms. The zero-order valence-corrected chi connectivity index (χ0v) is 29.5. The normalized spacial score (nSPS) is 13.0. The van der Waals surface area contributed by atoms with Crippen LogP contribution in [0.5, 0.6) is 17.2 Å². The van der Waals surface area contributed by atoms with Gasteiger partial charge in [-0.3, -0.25) is 0 Å². The highest BCUT2D eigenvalue weighted by atomic mass is 31.2. The summed E-state index contributed by atoms with van der Waals surface area (Å²) in [5, 5.41) is 3.26. The lowest BCUT2D eigenvalue weighted by atomic mass is 9.80. The third-order valence-corrected chi connectivity index (χ3v) is 9.34. The summed E-state index contributed by atoms with van der Waals surface area (Å²) >= 11 is 0. The van der Waals surface area contributed by atoms with Crippen LogP contribution in [-0.2, 0) is 21.7 Å². The summed E-state index contributed by atoms with van der Waals surface area (Å²) in [5.74, 6) is 2.58. The van der Waals surface area contributed by atoms with Gasteiger partial charge in [-0.15, -0.1) is 0 Å². The van der Waals surface area contributed by atoms with Crippen molar-refractivity contribution < 1.29 is 13.8 Å². The number of fused-ring (bicyclic) bond motifs is 1. The molecule has 230 valence electrons. The van der Waals surface area contributed by atoms with Gasteiger partial charge in [0.2, 0.25) is 0 Å². The summed E-state index contributed by atoms with van der Waals surface area (Å²) in [6.45, 7) is 27.0. The molecule has 4 rings (SSSR count). The van der Waals surface area contributed by atoms with Gasteiger partial charge in [-0.25, -0.2) is 0 Å². The lowest BCUT2D eigenvalue weighted by Crippen LogP contribution is -2.20. The van der Waals surface area contributed by atoms with Crippen molar-refractivity contribution in [3.05, 3.63) is 95.1 Å². The van der Waals surface area contributed by atoms with Crippen LogP contribution in [0.1, 0.15) is 105 Å². The molecule has 0 aliphatic carbocycles. The summed E-state index contributed by atoms with van der Waals surface area (Å²) < 4.78 is 19.5. The Kier molecular flexibility index (Phi) is 9.03. The molecular weight excluding hydrogens is 547 g/mol. The summed E-state index contributed by atoms with van der Waals surface area (Å²) in [5.41, 5.74) is 4.81. The van der Waals surface area contributed by atoms with Crippen LogP contribution in [-0.4, -0.2) is 7.11 Å². The highest BCUT2D eigenvalue weighted by Gasteiger charge is 2.29. The van der Waals surface area contributed by atoms with Crippen LogP contribution in [0.2, 0.25) is 0 Å². The fourth-order valence-electron chi connectivity index (χ4n) is 5.08. The molecule has 4 aromatic rings. The van der Waals surface area contributed by atoms with Gasteiger partial charge < -0.3 is 13.8 Å². The molecule has 4 aromatic carbocycles. The van der Waals surface area contributed by atoms with Gasteiger partial charge in [-0.1, -0.05) is 119 Å². The van der Waals surface area contributed by atoms with E-state index in [1.165, 1.54) is 22.3 Å². The Bertz CT molecular complexity index is 1510. The van der Waals surface area contributed by atoms with E-state index < -0.39 is 8.38 Å². The number of ether oxygens (including phenoxy) is 1. The van der Waals surface area contributed by atoms with E-state index in [9.17, 15) is 0 Å². The zero-order valence-electron chi connectivity index (χ0n) is 28.6. The average Bonchev–Trinajstić information content (AvgIpc) is 2.90. The number of rotatable bonds is 6. The van der Waals surface area contributed by atoms with Crippen LogP contribution in [0.25, 0.3) is 10.8 Å². The van der Waals surface area contributed by atoms with E-state index in [1.807, 2.05) is 6.07 Å². The van der Waals surface area contributed by atoms with Crippen LogP contribution in [0.15, 0.2) is 72.8 Å². The van der Waals surface area contributed by atoms with Crippen LogP contribution in [0.4, 0.5) is 0 Å². The Morgan fingerprint density at radius 3 is 1.33 bits per heavy atom. The van der Waals surface area contributed by atoms with Crippen molar-refractivity contribution in [1.82, 2.24) is 0 Å². The molecule has 0 aliphatic rings. The molecule has 0 unspecified atom stereocenters. The minimum absolute atomic E-state index is 0.0373. The molecule has 0 aromatic heterocycles. The highest BCUT2D eigenvalue weighted by Crippen LogP contribution is 2.47. The molecule has 0 heterocycles. The number of hydrogen-bond acceptors (Lipinski definition) is 3. The molecule has 0 atom stereocenters. The topological polar surface area (TPSA) is 27.7 Å². The second kappa shape index (κ2) is 11.8. The first-order valence-corrected chi connectivity index (χ1v) is 16.5. The SMILES string of the molecule is COc1ccc2cc(P(Oc3ccc(C(C)(C)C)cc3C(C)(C)C)Oc3ccc(C(C)(C)C)cc3C(C)(C)C)ccc2c1. The standard InChI is InChI=1S/C39H51O3P/c1-36(2,3)28-16-20-34(32(24-28)38(7,8)9)41-43(31-19-15-26-22-30(40-13)18-14-27(26)23-31)42-35-21-17-29(37(4,5)6)25-33(35)39(10,11)12/h14-25H,1-13H3. The van der Waals surface area contributed by atoms with Gasteiger partial charge in [0, 0.05) is 11.1 Å². The molecule has 0 bridgehead atoms. The first kappa shape index (κ1) is 32.9. The summed E-state index contributed by atoms with van der Waals surface area (Å²) in [6.07, 6.45) is 0. The molecular formula is C39H51O3P. The van der Waals surface area contributed by atoms with Crippen molar-refractivity contribution in [3.63, 3.8) is 0 Å². The van der Waals surface area contributed by atoms with Crippen molar-refractivity contribution in [3.8, 4) is 17.2 Å². The Balaban J connectivity index is 1.88. The van der Waals surface area contributed by atoms with Crippen molar-refractivity contribution in [2.45, 2.75) is 105 Å². The maximum Gasteiger partial charge on any atom is 0.326 e. The van der Waals surface area contributed by atoms with Gasteiger partial charge >= 0.3 is 8.38 Å². The predicted molar refractivity (Wildman–Crippen MR) is 186 cm³/mol. The maximum absolute atomic E-state index is 7.01. The van der Waals surface area contributed by atoms with Crippen molar-refractivity contribution in [1.29, 1.82) is 0 Å². The van der Waals surface area contributed by atoms with E-state index in [2.05, 4.69) is 150 Å². The predicted octanol–water partition coefficient (Wildman–Crippen LogP) is 11.1. The number of hydrogen-bond donors (Lipinski definition) is 0. The zero-order chi connectivity index (χ0) is 32.0. The van der Waals surface area contributed by atoms with Gasteiger partial charge in [0.05, 0.1) is 12.4 Å². The Morgan fingerprint density at radius 1 is 0.465 bits per heavy atom. The van der Waals surface area contributed by atoms with E-state index in [1.54, 1.807) is 7.11 Å². The fraction of sp³-hybridized carbons (Fsp3) is 0.436. The lowest BCUT2D eigenvalue weighted by molar-refractivity contribution is 0.415. The number of methoxy groups -OCH3 is 1. The second-order valence-corrected chi connectivity index (χ2v) is 17.2. The lowest BCUT2D eigenvalue weighted by Gasteiger charge is -2.30. The van der Waals surface area contributed by atoms with E-state index in [4.69, 9.17) is 13.8 Å². The molecule has 0 saturated carbocycles. The molecule has 0 aliphatic heterocycles. The highest BCUT2D eigenvalue weighted by molar-refractivity contribution is 7.56. The maximum atomic E-state index is 7.01. The van der Waals surface area contributed by atoms with E-state index >= 15 is 0 Å². The quantitative estimate of drug-likeness (QED) is 0.207. The van der Waals surface area contributed by atoms with Crippen molar-refractivity contribution in [2.24, 2.45) is 0 Å². The van der Waals surface area contributed by atoms with Crippen LogP contribution in [0, 0.1) is 0 Å². The van der Waals surface area contributed by atoms with Gasteiger partial charge in [-0.05, 0) is 80.0 Å². The minimum atomic E-state index is -1.53. The molecule has 0 spiro atoms. The minimum Gasteiger partial charge on any atom is -0.497 e. The molecule has 0 amide bonds. The van der Waals surface area contributed by atoms with Gasteiger partial charge in [-0.2, -0.15) is 0 Å². The molecule has 3 nitrogen and oxygen atoms in total. The molecule has 0 fully saturated rings. The van der Waals surface area contributed by atoms with Crippen LogP contribution >= 0.6 is 8.38 Å². The van der Waals surface area contributed by atoms with E-state index in [-0.39, 0.29) is 21.7 Å². The Labute approximate surface area is 261 Å². The van der Waals surface area contributed by atoms with Crippen molar-refractivity contribution in [2.75, 3.05) is 7.11 Å². The Hall–Kier alpha value is -3.03. The van der Waals surface area contributed by atoms with Crippen LogP contribution < -0.4 is 19.1 Å². The van der Waals surface area contributed by atoms with Crippen molar-refractivity contribution >= 4 is 24.5 Å². The van der Waals surface area contributed by atoms with E-state index in [0.29, 0.717) is 0 Å². The third kappa shape index (κ3) is 7.74. The first-order valence-electron chi connectivity index (χ1n) is 15.3. The summed E-state index contributed by atoms with van der Waals surface area (Å²) in [6, 6.07) is 25.9. The average molecular weight is 599 g/mol. The molecule has 4 heteroatoms. The van der Waals surface area contributed by atoms with E-state index in [0.717, 1.165) is 33.3 Å². The first-order chi connectivity index (χ1) is 19.8.